The lowest BCUT2D eigenvalue weighted by atomic mass is 10.1. The Kier molecular flexibility index (Phi) is 4.88. The van der Waals surface area contributed by atoms with E-state index in [-0.39, 0.29) is 35.8 Å². The van der Waals surface area contributed by atoms with Gasteiger partial charge >= 0.3 is 0 Å². The lowest BCUT2D eigenvalue weighted by molar-refractivity contribution is -0.116. The zero-order valence-corrected chi connectivity index (χ0v) is 12.3. The molecule has 0 bridgehead atoms. The molecule has 0 aliphatic carbocycles. The summed E-state index contributed by atoms with van der Waals surface area (Å²) in [7, 11) is 1.35. The molecule has 0 unspecified atom stereocenters. The van der Waals surface area contributed by atoms with Crippen molar-refractivity contribution >= 4 is 17.5 Å². The monoisotopic (exact) mass is 305 g/mol. The fourth-order valence-electron chi connectivity index (χ4n) is 1.90. The number of aromatic amines is 1. The zero-order valence-electron chi connectivity index (χ0n) is 12.3. The van der Waals surface area contributed by atoms with E-state index in [0.717, 1.165) is 11.8 Å². The third-order valence-corrected chi connectivity index (χ3v) is 3.03. The summed E-state index contributed by atoms with van der Waals surface area (Å²) in [6.07, 6.45) is -0.0145. The maximum atomic E-state index is 13.5. The molecule has 0 atom stereocenters. The molecule has 0 spiro atoms. The minimum absolute atomic E-state index is 0.00160. The number of Topliss-reactive ketones (excluding diaryl/α,β-unsaturated/α-hetero) is 1. The van der Waals surface area contributed by atoms with Gasteiger partial charge in [0.2, 0.25) is 5.91 Å². The molecule has 1 aromatic heterocycles. The van der Waals surface area contributed by atoms with E-state index in [2.05, 4.69) is 15.5 Å². The fourth-order valence-corrected chi connectivity index (χ4v) is 1.90. The van der Waals surface area contributed by atoms with E-state index in [9.17, 15) is 14.0 Å². The number of methoxy groups -OCH3 is 1. The van der Waals surface area contributed by atoms with Crippen molar-refractivity contribution in [2.75, 3.05) is 12.4 Å². The quantitative estimate of drug-likeness (QED) is 0.803. The lowest BCUT2D eigenvalue weighted by Gasteiger charge is -2.05. The summed E-state index contributed by atoms with van der Waals surface area (Å²) in [5, 5.41) is 9.13. The second kappa shape index (κ2) is 6.84. The Hall–Kier alpha value is -2.70. The van der Waals surface area contributed by atoms with E-state index in [1.165, 1.54) is 19.2 Å². The van der Waals surface area contributed by atoms with Crippen LogP contribution in [-0.2, 0) is 4.79 Å². The van der Waals surface area contributed by atoms with Gasteiger partial charge in [-0.2, -0.15) is 5.10 Å². The number of carbonyl (C=O) groups is 2. The SMILES string of the molecule is COc1ccc(C(=O)CCC(=O)Nc2cc(C)[nH]n2)cc1F. The number of H-pyrrole nitrogens is 1. The smallest absolute Gasteiger partial charge is 0.226 e. The number of benzene rings is 1. The number of hydrogen-bond donors (Lipinski definition) is 2. The van der Waals surface area contributed by atoms with Gasteiger partial charge in [0.25, 0.3) is 0 Å². The van der Waals surface area contributed by atoms with E-state index < -0.39 is 5.82 Å². The highest BCUT2D eigenvalue weighted by Crippen LogP contribution is 2.19. The molecule has 1 amide bonds. The lowest BCUT2D eigenvalue weighted by Crippen LogP contribution is -2.13. The molecule has 0 saturated carbocycles. The summed E-state index contributed by atoms with van der Waals surface area (Å²) in [5.74, 6) is -0.762. The number of carbonyl (C=O) groups excluding carboxylic acids is 2. The van der Waals surface area contributed by atoms with Gasteiger partial charge in [-0.3, -0.25) is 14.7 Å². The fraction of sp³-hybridized carbons (Fsp3) is 0.267. The van der Waals surface area contributed by atoms with Gasteiger partial charge in [0.15, 0.2) is 23.2 Å². The number of nitrogens with one attached hydrogen (secondary N) is 2. The highest BCUT2D eigenvalue weighted by molar-refractivity contribution is 5.99. The first-order valence-electron chi connectivity index (χ1n) is 6.68. The Morgan fingerprint density at radius 2 is 2.09 bits per heavy atom. The molecular weight excluding hydrogens is 289 g/mol. The normalized spacial score (nSPS) is 10.3. The van der Waals surface area contributed by atoms with Crippen LogP contribution in [0, 0.1) is 12.7 Å². The Morgan fingerprint density at radius 1 is 1.32 bits per heavy atom. The first-order chi connectivity index (χ1) is 10.5. The van der Waals surface area contributed by atoms with E-state index in [1.807, 2.05) is 6.92 Å². The van der Waals surface area contributed by atoms with Gasteiger partial charge in [-0.05, 0) is 25.1 Å². The van der Waals surface area contributed by atoms with E-state index in [4.69, 9.17) is 4.74 Å². The maximum Gasteiger partial charge on any atom is 0.226 e. The molecule has 116 valence electrons. The number of halogens is 1. The van der Waals surface area contributed by atoms with Gasteiger partial charge in [0.05, 0.1) is 7.11 Å². The van der Waals surface area contributed by atoms with Crippen molar-refractivity contribution in [3.8, 4) is 5.75 Å². The van der Waals surface area contributed by atoms with Crippen molar-refractivity contribution in [3.63, 3.8) is 0 Å². The van der Waals surface area contributed by atoms with Crippen LogP contribution >= 0.6 is 0 Å². The standard InChI is InChI=1S/C15H16FN3O3/c1-9-7-14(19-18-9)17-15(21)6-4-12(20)10-3-5-13(22-2)11(16)8-10/h3,5,7-8H,4,6H2,1-2H3,(H2,17,18,19,21). The first kappa shape index (κ1) is 15.7. The van der Waals surface area contributed by atoms with Crippen LogP contribution in [0.5, 0.6) is 5.75 Å². The molecule has 2 N–H and O–H groups in total. The van der Waals surface area contributed by atoms with Gasteiger partial charge in [-0.15, -0.1) is 0 Å². The molecule has 0 fully saturated rings. The Bertz CT molecular complexity index is 697. The summed E-state index contributed by atoms with van der Waals surface area (Å²) >= 11 is 0. The van der Waals surface area contributed by atoms with Crippen molar-refractivity contribution in [2.24, 2.45) is 0 Å². The number of ketones is 1. The van der Waals surface area contributed by atoms with Gasteiger partial charge in [0, 0.05) is 30.2 Å². The van der Waals surface area contributed by atoms with Crippen LogP contribution in [0.25, 0.3) is 0 Å². The molecule has 7 heteroatoms. The molecule has 2 rings (SSSR count). The molecule has 1 aromatic carbocycles. The summed E-state index contributed by atoms with van der Waals surface area (Å²) in [4.78, 5) is 23.7. The van der Waals surface area contributed by atoms with Crippen molar-refractivity contribution in [1.82, 2.24) is 10.2 Å². The van der Waals surface area contributed by atoms with Crippen LogP contribution in [0.3, 0.4) is 0 Å². The predicted molar refractivity (Wildman–Crippen MR) is 78.5 cm³/mol. The molecule has 0 saturated heterocycles. The number of hydrogen-bond acceptors (Lipinski definition) is 4. The van der Waals surface area contributed by atoms with Crippen molar-refractivity contribution in [3.05, 3.63) is 41.3 Å². The van der Waals surface area contributed by atoms with Gasteiger partial charge < -0.3 is 10.1 Å². The third kappa shape index (κ3) is 3.91. The third-order valence-electron chi connectivity index (χ3n) is 3.03. The topological polar surface area (TPSA) is 84.1 Å². The molecule has 0 aliphatic heterocycles. The number of rotatable bonds is 6. The van der Waals surface area contributed by atoms with Crippen molar-refractivity contribution in [2.45, 2.75) is 19.8 Å². The first-order valence-corrected chi connectivity index (χ1v) is 6.68. The molecule has 22 heavy (non-hydrogen) atoms. The van der Waals surface area contributed by atoms with Crippen LogP contribution in [0.15, 0.2) is 24.3 Å². The molecule has 6 nitrogen and oxygen atoms in total. The van der Waals surface area contributed by atoms with E-state index in [1.54, 1.807) is 6.07 Å². The van der Waals surface area contributed by atoms with Crippen LogP contribution < -0.4 is 10.1 Å². The number of amides is 1. The number of aromatic nitrogens is 2. The molecule has 2 aromatic rings. The summed E-state index contributed by atoms with van der Waals surface area (Å²) < 4.78 is 18.3. The van der Waals surface area contributed by atoms with Gasteiger partial charge in [-0.25, -0.2) is 4.39 Å². The van der Waals surface area contributed by atoms with Crippen LogP contribution in [0.4, 0.5) is 10.2 Å². The van der Waals surface area contributed by atoms with E-state index >= 15 is 0 Å². The van der Waals surface area contributed by atoms with Crippen molar-refractivity contribution in [1.29, 1.82) is 0 Å². The second-order valence-corrected chi connectivity index (χ2v) is 4.76. The predicted octanol–water partition coefficient (Wildman–Crippen LogP) is 2.47. The average molecular weight is 305 g/mol. The largest absolute Gasteiger partial charge is 0.494 e. The number of nitrogens with zero attached hydrogens (tertiary/aromatic N) is 1. The average Bonchev–Trinajstić information content (AvgIpc) is 2.89. The van der Waals surface area contributed by atoms with E-state index in [0.29, 0.717) is 5.82 Å². The van der Waals surface area contributed by atoms with Crippen LogP contribution in [-0.4, -0.2) is 29.0 Å². The van der Waals surface area contributed by atoms with Gasteiger partial charge in [-0.1, -0.05) is 0 Å². The molecular formula is C15H16FN3O3. The zero-order chi connectivity index (χ0) is 16.1. The summed E-state index contributed by atoms with van der Waals surface area (Å²) in [5.41, 5.74) is 1.03. The minimum Gasteiger partial charge on any atom is -0.494 e. The molecule has 0 aliphatic rings. The Labute approximate surface area is 126 Å². The van der Waals surface area contributed by atoms with Gasteiger partial charge in [0.1, 0.15) is 0 Å². The highest BCUT2D eigenvalue weighted by Gasteiger charge is 2.13. The number of ether oxygens (including phenoxy) is 1. The second-order valence-electron chi connectivity index (χ2n) is 4.76. The number of anilines is 1. The Balaban J connectivity index is 1.89. The Morgan fingerprint density at radius 3 is 2.68 bits per heavy atom. The summed E-state index contributed by atoms with van der Waals surface area (Å²) in [6.45, 7) is 1.81. The maximum absolute atomic E-state index is 13.5. The highest BCUT2D eigenvalue weighted by atomic mass is 19.1. The van der Waals surface area contributed by atoms with Crippen molar-refractivity contribution < 1.29 is 18.7 Å². The number of aryl methyl sites for hydroxylation is 1. The summed E-state index contributed by atoms with van der Waals surface area (Å²) in [6, 6.07) is 5.64. The minimum atomic E-state index is -0.607. The molecule has 0 radical (unpaired) electrons. The van der Waals surface area contributed by atoms with Crippen LogP contribution in [0.1, 0.15) is 28.9 Å². The molecule has 1 heterocycles. The van der Waals surface area contributed by atoms with Crippen LogP contribution in [0.2, 0.25) is 0 Å².